The number of nitriles is 1. The quantitative estimate of drug-likeness (QED) is 0.508. The predicted octanol–water partition coefficient (Wildman–Crippen LogP) is 3.08. The number of anilines is 2. The number of nitrogens with one attached hydrogen (secondary N) is 1. The van der Waals surface area contributed by atoms with Crippen molar-refractivity contribution in [2.75, 3.05) is 35.5 Å². The van der Waals surface area contributed by atoms with Gasteiger partial charge in [0.05, 0.1) is 41.1 Å². The van der Waals surface area contributed by atoms with Crippen LogP contribution in [0, 0.1) is 24.2 Å². The highest BCUT2D eigenvalue weighted by Crippen LogP contribution is 2.34. The molecule has 12 heteroatoms. The zero-order valence-corrected chi connectivity index (χ0v) is 22.2. The van der Waals surface area contributed by atoms with Gasteiger partial charge in [0.2, 0.25) is 0 Å². The standard InChI is InChI=1S/C25H28ClN7O3S/c1-15-12-33-23(28-24(15)31-13-16(11-27)22(34)14-31)10-20(29-33)21-5-3-4-8-32(21)25(35)18-9-17(26)6-7-19(18)30-37(2)36/h6-7,9-10,12,16,21-22,30,34H,3-5,8,13-14H2,1-2H3. The van der Waals surface area contributed by atoms with Crippen LogP contribution in [0.3, 0.4) is 0 Å². The molecule has 2 aliphatic heterocycles. The van der Waals surface area contributed by atoms with Gasteiger partial charge in [0, 0.05) is 48.7 Å². The Bertz CT molecular complexity index is 1420. The van der Waals surface area contributed by atoms with Gasteiger partial charge >= 0.3 is 0 Å². The Morgan fingerprint density at radius 3 is 2.84 bits per heavy atom. The molecule has 10 nitrogen and oxygen atoms in total. The Morgan fingerprint density at radius 1 is 1.30 bits per heavy atom. The van der Waals surface area contributed by atoms with Gasteiger partial charge in [-0.05, 0) is 44.4 Å². The normalized spacial score (nSPS) is 22.7. The van der Waals surface area contributed by atoms with E-state index in [0.29, 0.717) is 41.6 Å². The largest absolute Gasteiger partial charge is 0.390 e. The second-order valence-electron chi connectivity index (χ2n) is 9.58. The Morgan fingerprint density at radius 2 is 2.11 bits per heavy atom. The molecule has 37 heavy (non-hydrogen) atoms. The van der Waals surface area contributed by atoms with Crippen molar-refractivity contribution in [2.45, 2.75) is 38.3 Å². The van der Waals surface area contributed by atoms with E-state index < -0.39 is 23.0 Å². The molecule has 0 spiro atoms. The molecule has 194 valence electrons. The number of nitrogens with zero attached hydrogens (tertiary/aromatic N) is 6. The summed E-state index contributed by atoms with van der Waals surface area (Å²) in [7, 11) is -1.35. The van der Waals surface area contributed by atoms with E-state index in [1.54, 1.807) is 22.7 Å². The maximum atomic E-state index is 13.7. The summed E-state index contributed by atoms with van der Waals surface area (Å²) in [5.74, 6) is 0.0703. The number of benzene rings is 1. The number of carbonyl (C=O) groups excluding carboxylic acids is 1. The first-order valence-corrected chi connectivity index (χ1v) is 14.1. The van der Waals surface area contributed by atoms with Crippen molar-refractivity contribution in [1.29, 1.82) is 5.26 Å². The molecular weight excluding hydrogens is 514 g/mol. The van der Waals surface area contributed by atoms with Crippen LogP contribution in [0.5, 0.6) is 0 Å². The first-order chi connectivity index (χ1) is 17.7. The lowest BCUT2D eigenvalue weighted by Gasteiger charge is -2.35. The number of halogens is 1. The highest BCUT2D eigenvalue weighted by molar-refractivity contribution is 7.85. The van der Waals surface area contributed by atoms with Gasteiger partial charge < -0.3 is 19.6 Å². The molecule has 2 saturated heterocycles. The highest BCUT2D eigenvalue weighted by Gasteiger charge is 2.34. The number of amides is 1. The first kappa shape index (κ1) is 25.4. The molecule has 4 atom stereocenters. The maximum Gasteiger partial charge on any atom is 0.256 e. The number of aryl methyl sites for hydroxylation is 1. The summed E-state index contributed by atoms with van der Waals surface area (Å²) < 4.78 is 16.4. The van der Waals surface area contributed by atoms with Gasteiger partial charge in [-0.15, -0.1) is 0 Å². The third kappa shape index (κ3) is 5.01. The summed E-state index contributed by atoms with van der Waals surface area (Å²) in [6.07, 6.45) is 5.28. The average Bonchev–Trinajstić information content (AvgIpc) is 3.46. The third-order valence-electron chi connectivity index (χ3n) is 6.95. The lowest BCUT2D eigenvalue weighted by molar-refractivity contribution is 0.0607. The smallest absolute Gasteiger partial charge is 0.256 e. The van der Waals surface area contributed by atoms with E-state index >= 15 is 0 Å². The van der Waals surface area contributed by atoms with E-state index in [-0.39, 0.29) is 11.9 Å². The number of aliphatic hydroxyl groups excluding tert-OH is 1. The number of hydrogen-bond donors (Lipinski definition) is 2. The maximum absolute atomic E-state index is 13.7. The van der Waals surface area contributed by atoms with Crippen molar-refractivity contribution in [2.24, 2.45) is 5.92 Å². The van der Waals surface area contributed by atoms with E-state index in [9.17, 15) is 19.4 Å². The zero-order valence-electron chi connectivity index (χ0n) is 20.6. The van der Waals surface area contributed by atoms with Crippen molar-refractivity contribution in [3.05, 3.63) is 52.3 Å². The van der Waals surface area contributed by atoms with E-state index in [1.165, 1.54) is 6.26 Å². The molecule has 0 radical (unpaired) electrons. The molecule has 4 unspecified atom stereocenters. The van der Waals surface area contributed by atoms with Crippen LogP contribution in [0.2, 0.25) is 5.02 Å². The molecule has 0 saturated carbocycles. The summed E-state index contributed by atoms with van der Waals surface area (Å²) in [5, 5.41) is 24.7. The summed E-state index contributed by atoms with van der Waals surface area (Å²) in [4.78, 5) is 22.3. The fraction of sp³-hybridized carbons (Fsp3) is 0.440. The fourth-order valence-corrected chi connectivity index (χ4v) is 5.82. The molecule has 1 aromatic carbocycles. The van der Waals surface area contributed by atoms with Crippen LogP contribution in [-0.4, -0.2) is 66.7 Å². The van der Waals surface area contributed by atoms with E-state index in [0.717, 1.165) is 36.3 Å². The van der Waals surface area contributed by atoms with Crippen LogP contribution in [0.1, 0.15) is 46.9 Å². The molecule has 3 aromatic rings. The Hall–Kier alpha value is -3.20. The second-order valence-corrected chi connectivity index (χ2v) is 11.1. The van der Waals surface area contributed by atoms with Gasteiger partial charge in [-0.3, -0.25) is 4.79 Å². The minimum Gasteiger partial charge on any atom is -0.390 e. The van der Waals surface area contributed by atoms with Crippen molar-refractivity contribution < 1.29 is 14.1 Å². The number of aliphatic hydroxyl groups is 1. The third-order valence-corrected chi connectivity index (χ3v) is 7.69. The number of aromatic nitrogens is 3. The lowest BCUT2D eigenvalue weighted by Crippen LogP contribution is -2.39. The number of β-amino-alcohol motifs (C(OH)–C–C–N with tert-alkyl or cyclic N) is 1. The number of rotatable bonds is 5. The number of likely N-dealkylation sites (tertiary alicyclic amines) is 1. The predicted molar refractivity (Wildman–Crippen MR) is 142 cm³/mol. The van der Waals surface area contributed by atoms with Crippen molar-refractivity contribution in [3.63, 3.8) is 0 Å². The van der Waals surface area contributed by atoms with E-state index in [4.69, 9.17) is 21.7 Å². The minimum atomic E-state index is -1.35. The topological polar surface area (TPSA) is 127 Å². The van der Waals surface area contributed by atoms with Gasteiger partial charge in [0.15, 0.2) is 5.65 Å². The molecule has 2 N–H and O–H groups in total. The van der Waals surface area contributed by atoms with Crippen LogP contribution < -0.4 is 9.62 Å². The van der Waals surface area contributed by atoms with Crippen molar-refractivity contribution in [1.82, 2.24) is 19.5 Å². The van der Waals surface area contributed by atoms with Gasteiger partial charge in [-0.2, -0.15) is 10.4 Å². The molecule has 5 rings (SSSR count). The SMILES string of the molecule is Cc1cn2nc(C3CCCCN3C(=O)c3cc(Cl)ccc3NS(C)=O)cc2nc1N1CC(O)C(C#N)C1. The monoisotopic (exact) mass is 541 g/mol. The molecule has 0 aliphatic carbocycles. The van der Waals surface area contributed by atoms with Crippen LogP contribution in [0.25, 0.3) is 5.65 Å². The molecule has 0 bridgehead atoms. The molecule has 4 heterocycles. The van der Waals surface area contributed by atoms with Crippen molar-refractivity contribution in [3.8, 4) is 6.07 Å². The Balaban J connectivity index is 1.47. The minimum absolute atomic E-state index is 0.198. The highest BCUT2D eigenvalue weighted by atomic mass is 35.5. The summed E-state index contributed by atoms with van der Waals surface area (Å²) in [6.45, 7) is 3.27. The van der Waals surface area contributed by atoms with Gasteiger partial charge in [0.1, 0.15) is 16.8 Å². The molecule has 2 fully saturated rings. The van der Waals surface area contributed by atoms with E-state index in [1.807, 2.05) is 29.0 Å². The lowest BCUT2D eigenvalue weighted by atomic mass is 9.98. The molecule has 2 aliphatic rings. The summed E-state index contributed by atoms with van der Waals surface area (Å²) >= 11 is 6.22. The van der Waals surface area contributed by atoms with Crippen LogP contribution >= 0.6 is 11.6 Å². The summed E-state index contributed by atoms with van der Waals surface area (Å²) in [6, 6.07) is 8.74. The van der Waals surface area contributed by atoms with Crippen molar-refractivity contribution >= 4 is 45.6 Å². The fourth-order valence-electron chi connectivity index (χ4n) is 5.16. The van der Waals surface area contributed by atoms with Gasteiger partial charge in [-0.25, -0.2) is 13.7 Å². The number of hydrogen-bond acceptors (Lipinski definition) is 7. The van der Waals surface area contributed by atoms with Gasteiger partial charge in [0.25, 0.3) is 5.91 Å². The number of carbonyl (C=O) groups is 1. The molecule has 2 aromatic heterocycles. The second kappa shape index (κ2) is 10.3. The average molecular weight is 542 g/mol. The zero-order chi connectivity index (χ0) is 26.3. The van der Waals surface area contributed by atoms with Crippen LogP contribution in [-0.2, 0) is 11.0 Å². The number of fused-ring (bicyclic) bond motifs is 1. The Labute approximate surface area is 222 Å². The Kier molecular flexibility index (Phi) is 7.07. The summed E-state index contributed by atoms with van der Waals surface area (Å²) in [5.41, 5.74) is 3.10. The van der Waals surface area contributed by atoms with Crippen LogP contribution in [0.15, 0.2) is 30.5 Å². The van der Waals surface area contributed by atoms with Crippen LogP contribution in [0.4, 0.5) is 11.5 Å². The van der Waals surface area contributed by atoms with E-state index in [2.05, 4.69) is 10.8 Å². The van der Waals surface area contributed by atoms with Gasteiger partial charge in [-0.1, -0.05) is 11.6 Å². The first-order valence-electron chi connectivity index (χ1n) is 12.2. The molecule has 1 amide bonds. The molecular formula is C25H28ClN7O3S. The number of piperidine rings is 1.